The van der Waals surface area contributed by atoms with Crippen LogP contribution >= 0.6 is 0 Å². The third-order valence-corrected chi connectivity index (χ3v) is 5.47. The smallest absolute Gasteiger partial charge is 0.270 e. The van der Waals surface area contributed by atoms with E-state index in [0.29, 0.717) is 17.3 Å². The second-order valence-electron chi connectivity index (χ2n) is 7.28. The van der Waals surface area contributed by atoms with Crippen LogP contribution in [0, 0.1) is 27.4 Å². The fourth-order valence-electron chi connectivity index (χ4n) is 3.69. The summed E-state index contributed by atoms with van der Waals surface area (Å²) in [7, 11) is 0. The number of amides is 2. The first kappa shape index (κ1) is 16.4. The zero-order valence-electron chi connectivity index (χ0n) is 14.0. The van der Waals surface area contributed by atoms with E-state index >= 15 is 0 Å². The molecule has 7 nitrogen and oxygen atoms in total. The lowest BCUT2D eigenvalue weighted by Crippen LogP contribution is -2.47. The normalized spacial score (nSPS) is 24.9. The van der Waals surface area contributed by atoms with Gasteiger partial charge in [-0.1, -0.05) is 19.9 Å². The number of hydrogen-bond donors (Lipinski definition) is 1. The molecule has 3 atom stereocenters. The number of carbonyl (C=O) groups is 2. The van der Waals surface area contributed by atoms with E-state index in [1.165, 1.54) is 24.3 Å². The lowest BCUT2D eigenvalue weighted by atomic mass is 10.1. The molecule has 3 rings (SSSR count). The van der Waals surface area contributed by atoms with Gasteiger partial charge in [0.15, 0.2) is 0 Å². The summed E-state index contributed by atoms with van der Waals surface area (Å²) in [6, 6.07) is 4.82. The van der Waals surface area contributed by atoms with Crippen molar-refractivity contribution in [3.63, 3.8) is 0 Å². The van der Waals surface area contributed by atoms with Gasteiger partial charge in [-0.3, -0.25) is 19.7 Å². The van der Waals surface area contributed by atoms with Crippen molar-refractivity contribution >= 4 is 17.5 Å². The van der Waals surface area contributed by atoms with Crippen LogP contribution in [0.15, 0.2) is 24.3 Å². The molecule has 1 heterocycles. The summed E-state index contributed by atoms with van der Waals surface area (Å²) in [6.45, 7) is 7.57. The highest BCUT2D eigenvalue weighted by atomic mass is 16.6. The average Bonchev–Trinajstić information content (AvgIpc) is 2.92. The SMILES string of the molecule is C[C@@H](NC(=O)c1cccc([N+](=O)[O-])c1)C(=O)N1C[C@@H]2[C@H](C1)C2(C)C. The van der Waals surface area contributed by atoms with Crippen molar-refractivity contribution in [2.24, 2.45) is 17.3 Å². The number of nitrogens with one attached hydrogen (secondary N) is 1. The van der Waals surface area contributed by atoms with E-state index in [-0.39, 0.29) is 17.2 Å². The van der Waals surface area contributed by atoms with Crippen LogP contribution in [0.25, 0.3) is 0 Å². The Kier molecular flexibility index (Phi) is 3.81. The summed E-state index contributed by atoms with van der Waals surface area (Å²) >= 11 is 0. The average molecular weight is 331 g/mol. The summed E-state index contributed by atoms with van der Waals surface area (Å²) in [5.74, 6) is 0.531. The van der Waals surface area contributed by atoms with Gasteiger partial charge in [-0.05, 0) is 30.2 Å². The number of carbonyl (C=O) groups excluding carboxylic acids is 2. The first-order chi connectivity index (χ1) is 11.2. The van der Waals surface area contributed by atoms with Crippen LogP contribution in [0.2, 0.25) is 0 Å². The predicted octanol–water partition coefficient (Wildman–Crippen LogP) is 1.83. The van der Waals surface area contributed by atoms with Gasteiger partial charge in [0, 0.05) is 30.8 Å². The zero-order chi connectivity index (χ0) is 17.6. The van der Waals surface area contributed by atoms with E-state index in [1.54, 1.807) is 11.8 Å². The predicted molar refractivity (Wildman–Crippen MR) is 87.4 cm³/mol. The minimum absolute atomic E-state index is 0.100. The molecule has 0 aromatic heterocycles. The monoisotopic (exact) mass is 331 g/mol. The molecule has 7 heteroatoms. The molecule has 1 aromatic carbocycles. The van der Waals surface area contributed by atoms with Gasteiger partial charge in [0.05, 0.1) is 4.92 Å². The molecule has 128 valence electrons. The summed E-state index contributed by atoms with van der Waals surface area (Å²) in [6.07, 6.45) is 0. The molecule has 1 aliphatic carbocycles. The Balaban J connectivity index is 1.59. The van der Waals surface area contributed by atoms with Gasteiger partial charge in [0.1, 0.15) is 6.04 Å². The lowest BCUT2D eigenvalue weighted by molar-refractivity contribution is -0.384. The number of benzene rings is 1. The first-order valence-corrected chi connectivity index (χ1v) is 8.06. The minimum Gasteiger partial charge on any atom is -0.341 e. The summed E-state index contributed by atoms with van der Waals surface area (Å²) in [4.78, 5) is 36.7. The van der Waals surface area contributed by atoms with Gasteiger partial charge in [-0.2, -0.15) is 0 Å². The van der Waals surface area contributed by atoms with Crippen molar-refractivity contribution < 1.29 is 14.5 Å². The highest BCUT2D eigenvalue weighted by Gasteiger charge is 2.62. The molecule has 2 amide bonds. The number of hydrogen-bond acceptors (Lipinski definition) is 4. The molecule has 2 aliphatic rings. The largest absolute Gasteiger partial charge is 0.341 e. The molecular weight excluding hydrogens is 310 g/mol. The van der Waals surface area contributed by atoms with Crippen molar-refractivity contribution in [1.29, 1.82) is 0 Å². The second kappa shape index (κ2) is 5.58. The zero-order valence-corrected chi connectivity index (χ0v) is 14.0. The van der Waals surface area contributed by atoms with Crippen LogP contribution < -0.4 is 5.32 Å². The number of nitro groups is 1. The Morgan fingerprint density at radius 3 is 2.54 bits per heavy atom. The summed E-state index contributed by atoms with van der Waals surface area (Å²) < 4.78 is 0. The maximum Gasteiger partial charge on any atom is 0.270 e. The van der Waals surface area contributed by atoms with Crippen LogP contribution in [0.1, 0.15) is 31.1 Å². The first-order valence-electron chi connectivity index (χ1n) is 8.06. The van der Waals surface area contributed by atoms with Crippen LogP contribution in [-0.2, 0) is 4.79 Å². The van der Waals surface area contributed by atoms with E-state index in [4.69, 9.17) is 0 Å². The van der Waals surface area contributed by atoms with Crippen LogP contribution in [-0.4, -0.2) is 40.8 Å². The number of fused-ring (bicyclic) bond motifs is 1. The van der Waals surface area contributed by atoms with E-state index < -0.39 is 16.9 Å². The van der Waals surface area contributed by atoms with Gasteiger partial charge < -0.3 is 10.2 Å². The number of likely N-dealkylation sites (tertiary alicyclic amines) is 1. The highest BCUT2D eigenvalue weighted by Crippen LogP contribution is 2.61. The van der Waals surface area contributed by atoms with E-state index in [2.05, 4.69) is 19.2 Å². The standard InChI is InChI=1S/C17H21N3O4/c1-10(16(22)19-8-13-14(9-19)17(13,2)3)18-15(21)11-5-4-6-12(7-11)20(23)24/h4-7,10,13-14H,8-9H2,1-3H3,(H,18,21)/t10-,13-,14+/m1/s1. The van der Waals surface area contributed by atoms with Gasteiger partial charge in [0.2, 0.25) is 5.91 Å². The molecular formula is C17H21N3O4. The third-order valence-electron chi connectivity index (χ3n) is 5.47. The number of rotatable bonds is 4. The Morgan fingerprint density at radius 2 is 1.96 bits per heavy atom. The second-order valence-corrected chi connectivity index (χ2v) is 7.28. The van der Waals surface area contributed by atoms with Gasteiger partial charge >= 0.3 is 0 Å². The van der Waals surface area contributed by atoms with E-state index in [9.17, 15) is 19.7 Å². The molecule has 1 saturated carbocycles. The molecule has 0 spiro atoms. The van der Waals surface area contributed by atoms with E-state index in [0.717, 1.165) is 13.1 Å². The number of non-ortho nitro benzene ring substituents is 1. The van der Waals surface area contributed by atoms with Crippen LogP contribution in [0.5, 0.6) is 0 Å². The summed E-state index contributed by atoms with van der Waals surface area (Å²) in [5, 5.41) is 13.4. The molecule has 0 radical (unpaired) electrons. The molecule has 2 fully saturated rings. The number of nitrogens with zero attached hydrogens (tertiary/aromatic N) is 2. The highest BCUT2D eigenvalue weighted by molar-refractivity contribution is 5.97. The van der Waals surface area contributed by atoms with Crippen LogP contribution in [0.4, 0.5) is 5.69 Å². The number of piperidine rings is 1. The molecule has 1 aromatic rings. The fraction of sp³-hybridized carbons (Fsp3) is 0.529. The fourth-order valence-corrected chi connectivity index (χ4v) is 3.69. The quantitative estimate of drug-likeness (QED) is 0.673. The Labute approximate surface area is 140 Å². The topological polar surface area (TPSA) is 92.5 Å². The Hall–Kier alpha value is -2.44. The Morgan fingerprint density at radius 1 is 1.33 bits per heavy atom. The van der Waals surface area contributed by atoms with Gasteiger partial charge in [-0.25, -0.2) is 0 Å². The van der Waals surface area contributed by atoms with Crippen molar-refractivity contribution in [3.8, 4) is 0 Å². The lowest BCUT2D eigenvalue weighted by Gasteiger charge is -2.25. The number of nitro benzene ring substituents is 1. The van der Waals surface area contributed by atoms with Crippen molar-refractivity contribution in [3.05, 3.63) is 39.9 Å². The Bertz CT molecular complexity index is 702. The van der Waals surface area contributed by atoms with Crippen LogP contribution in [0.3, 0.4) is 0 Å². The molecule has 1 saturated heterocycles. The molecule has 24 heavy (non-hydrogen) atoms. The molecule has 1 N–H and O–H groups in total. The maximum absolute atomic E-state index is 12.5. The minimum atomic E-state index is -0.655. The van der Waals surface area contributed by atoms with Crippen molar-refractivity contribution in [1.82, 2.24) is 10.2 Å². The summed E-state index contributed by atoms with van der Waals surface area (Å²) in [5.41, 5.74) is 0.351. The van der Waals surface area contributed by atoms with Crippen molar-refractivity contribution in [2.45, 2.75) is 26.8 Å². The molecule has 0 unspecified atom stereocenters. The van der Waals surface area contributed by atoms with E-state index in [1.807, 2.05) is 0 Å². The van der Waals surface area contributed by atoms with Gasteiger partial charge in [0.25, 0.3) is 11.6 Å². The molecule has 1 aliphatic heterocycles. The third kappa shape index (κ3) is 2.74. The molecule has 0 bridgehead atoms. The van der Waals surface area contributed by atoms with Crippen molar-refractivity contribution in [2.75, 3.05) is 13.1 Å². The van der Waals surface area contributed by atoms with Gasteiger partial charge in [-0.15, -0.1) is 0 Å². The maximum atomic E-state index is 12.5.